The van der Waals surface area contributed by atoms with Crippen LogP contribution in [-0.2, 0) is 9.59 Å². The highest BCUT2D eigenvalue weighted by molar-refractivity contribution is 6.09. The number of hydrogen-bond acceptors (Lipinski definition) is 4. The smallest absolute Gasteiger partial charge is 0.325 e. The molecule has 3 aliphatic rings. The van der Waals surface area contributed by atoms with Crippen LogP contribution < -0.4 is 11.1 Å². The number of amides is 4. The minimum atomic E-state index is -0.811. The van der Waals surface area contributed by atoms with Crippen molar-refractivity contribution in [3.8, 4) is 0 Å². The monoisotopic (exact) mass is 392 g/mol. The molecule has 2 heterocycles. The van der Waals surface area contributed by atoms with Crippen molar-refractivity contribution in [2.75, 3.05) is 26.2 Å². The molecule has 0 bridgehead atoms. The summed E-state index contributed by atoms with van der Waals surface area (Å²) in [6.45, 7) is 10.4. The van der Waals surface area contributed by atoms with Gasteiger partial charge in [0, 0.05) is 13.1 Å². The van der Waals surface area contributed by atoms with Gasteiger partial charge >= 0.3 is 6.03 Å². The molecular weight excluding hydrogens is 356 g/mol. The quantitative estimate of drug-likeness (QED) is 0.701. The van der Waals surface area contributed by atoms with Crippen LogP contribution in [-0.4, -0.2) is 59.4 Å². The van der Waals surface area contributed by atoms with E-state index in [0.717, 1.165) is 30.6 Å². The van der Waals surface area contributed by atoms with Crippen LogP contribution >= 0.6 is 0 Å². The second kappa shape index (κ2) is 7.32. The molecule has 0 aromatic rings. The van der Waals surface area contributed by atoms with Crippen LogP contribution in [0.5, 0.6) is 0 Å². The van der Waals surface area contributed by atoms with Crippen molar-refractivity contribution >= 4 is 17.8 Å². The highest BCUT2D eigenvalue weighted by Gasteiger charge is 2.54. The molecule has 3 N–H and O–H groups in total. The molecule has 3 fully saturated rings. The fourth-order valence-corrected chi connectivity index (χ4v) is 4.98. The highest BCUT2D eigenvalue weighted by Crippen LogP contribution is 2.45. The molecule has 4 amide bonds. The minimum Gasteiger partial charge on any atom is -0.341 e. The molecule has 7 nitrogen and oxygen atoms in total. The van der Waals surface area contributed by atoms with Gasteiger partial charge in [-0.05, 0) is 55.4 Å². The molecule has 1 saturated carbocycles. The third kappa shape index (κ3) is 3.65. The summed E-state index contributed by atoms with van der Waals surface area (Å²) in [5.74, 6) is 0.167. The lowest BCUT2D eigenvalue weighted by Gasteiger charge is -2.42. The van der Waals surface area contributed by atoms with E-state index in [1.54, 1.807) is 4.90 Å². The van der Waals surface area contributed by atoms with Gasteiger partial charge in [-0.3, -0.25) is 14.5 Å². The molecule has 0 radical (unpaired) electrons. The van der Waals surface area contributed by atoms with E-state index in [1.807, 2.05) is 0 Å². The normalized spacial score (nSPS) is 33.7. The van der Waals surface area contributed by atoms with Crippen molar-refractivity contribution in [3.63, 3.8) is 0 Å². The fourth-order valence-electron chi connectivity index (χ4n) is 4.98. The lowest BCUT2D eigenvalue weighted by molar-refractivity contribution is -0.139. The molecule has 0 aromatic carbocycles. The number of imide groups is 1. The fraction of sp³-hybridized carbons (Fsp3) is 0.857. The van der Waals surface area contributed by atoms with Gasteiger partial charge in [0.15, 0.2) is 0 Å². The largest absolute Gasteiger partial charge is 0.341 e. The van der Waals surface area contributed by atoms with Gasteiger partial charge < -0.3 is 16.0 Å². The number of nitrogens with zero attached hydrogens (tertiary/aromatic N) is 2. The van der Waals surface area contributed by atoms with E-state index in [9.17, 15) is 14.4 Å². The Morgan fingerprint density at radius 2 is 1.89 bits per heavy atom. The van der Waals surface area contributed by atoms with Gasteiger partial charge in [-0.1, -0.05) is 34.1 Å². The molecule has 1 unspecified atom stereocenters. The van der Waals surface area contributed by atoms with Crippen LogP contribution in [0.25, 0.3) is 0 Å². The Morgan fingerprint density at radius 3 is 2.43 bits per heavy atom. The van der Waals surface area contributed by atoms with Crippen molar-refractivity contribution in [3.05, 3.63) is 0 Å². The number of nitrogens with two attached hydrogens (primary N) is 1. The standard InChI is InChI=1S/C21H36N4O3/c1-5-19(2,3)15-6-8-21(9-7-15)17(27)25(18(28)23-21)12-16(26)24-11-10-20(4,13-22)14-24/h15H,5-14,22H2,1-4H3,(H,23,28). The van der Waals surface area contributed by atoms with Gasteiger partial charge in [0.05, 0.1) is 0 Å². The van der Waals surface area contributed by atoms with Gasteiger partial charge in [-0.2, -0.15) is 0 Å². The van der Waals surface area contributed by atoms with Crippen LogP contribution in [0.4, 0.5) is 4.79 Å². The predicted molar refractivity (Wildman–Crippen MR) is 107 cm³/mol. The summed E-state index contributed by atoms with van der Waals surface area (Å²) in [5, 5.41) is 2.93. The van der Waals surface area contributed by atoms with Crippen LogP contribution in [0.1, 0.15) is 66.2 Å². The third-order valence-electron chi connectivity index (χ3n) is 7.80. The summed E-state index contributed by atoms with van der Waals surface area (Å²) in [4.78, 5) is 41.2. The lowest BCUT2D eigenvalue weighted by Crippen LogP contribution is -2.51. The maximum absolute atomic E-state index is 13.1. The molecule has 3 rings (SSSR count). The average molecular weight is 393 g/mol. The lowest BCUT2D eigenvalue weighted by atomic mass is 9.65. The van der Waals surface area contributed by atoms with Crippen molar-refractivity contribution < 1.29 is 14.4 Å². The SMILES string of the molecule is CCC(C)(C)C1CCC2(CC1)NC(=O)N(CC(=O)N1CCC(C)(CN)C1)C2=O. The van der Waals surface area contributed by atoms with Crippen molar-refractivity contribution in [2.45, 2.75) is 71.8 Å². The number of carbonyl (C=O) groups is 3. The summed E-state index contributed by atoms with van der Waals surface area (Å²) in [5.41, 5.74) is 5.18. The van der Waals surface area contributed by atoms with Crippen LogP contribution in [0.15, 0.2) is 0 Å². The summed E-state index contributed by atoms with van der Waals surface area (Å²) in [6, 6.07) is -0.424. The van der Waals surface area contributed by atoms with Crippen molar-refractivity contribution in [1.29, 1.82) is 0 Å². The highest BCUT2D eigenvalue weighted by atomic mass is 16.2. The molecule has 0 aromatic heterocycles. The van der Waals surface area contributed by atoms with Crippen molar-refractivity contribution in [1.82, 2.24) is 15.1 Å². The molecule has 7 heteroatoms. The first kappa shape index (κ1) is 21.1. The number of carbonyl (C=O) groups excluding carboxylic acids is 3. The first-order chi connectivity index (χ1) is 13.1. The summed E-state index contributed by atoms with van der Waals surface area (Å²) < 4.78 is 0. The Bertz CT molecular complexity index is 654. The first-order valence-corrected chi connectivity index (χ1v) is 10.7. The Labute approximate surface area is 168 Å². The van der Waals surface area contributed by atoms with Gasteiger partial charge in [0.1, 0.15) is 12.1 Å². The Morgan fingerprint density at radius 1 is 1.25 bits per heavy atom. The van der Waals surface area contributed by atoms with E-state index in [1.165, 1.54) is 0 Å². The molecule has 2 aliphatic heterocycles. The van der Waals surface area contributed by atoms with Crippen LogP contribution in [0, 0.1) is 16.7 Å². The molecule has 1 atom stereocenters. The topological polar surface area (TPSA) is 95.7 Å². The second-order valence-electron chi connectivity index (χ2n) is 10.1. The summed E-state index contributed by atoms with van der Waals surface area (Å²) in [7, 11) is 0. The molecular formula is C21H36N4O3. The number of likely N-dealkylation sites (tertiary alicyclic amines) is 1. The zero-order valence-electron chi connectivity index (χ0n) is 17.8. The van der Waals surface area contributed by atoms with Gasteiger partial charge in [0.2, 0.25) is 5.91 Å². The van der Waals surface area contributed by atoms with E-state index in [0.29, 0.717) is 38.4 Å². The number of rotatable bonds is 5. The van der Waals surface area contributed by atoms with Gasteiger partial charge in [-0.25, -0.2) is 4.79 Å². The van der Waals surface area contributed by atoms with E-state index in [2.05, 4.69) is 33.0 Å². The number of nitrogens with one attached hydrogen (secondary N) is 1. The maximum Gasteiger partial charge on any atom is 0.325 e. The molecule has 1 aliphatic carbocycles. The Kier molecular flexibility index (Phi) is 5.51. The minimum absolute atomic E-state index is 0.0708. The molecule has 158 valence electrons. The summed E-state index contributed by atoms with van der Waals surface area (Å²) in [6.07, 6.45) is 5.12. The Hall–Kier alpha value is -1.63. The van der Waals surface area contributed by atoms with Crippen LogP contribution in [0.3, 0.4) is 0 Å². The second-order valence-corrected chi connectivity index (χ2v) is 10.1. The molecule has 2 saturated heterocycles. The Balaban J connectivity index is 1.62. The third-order valence-corrected chi connectivity index (χ3v) is 7.80. The number of hydrogen-bond donors (Lipinski definition) is 2. The number of urea groups is 1. The van der Waals surface area contributed by atoms with E-state index < -0.39 is 11.6 Å². The van der Waals surface area contributed by atoms with Gasteiger partial charge in [-0.15, -0.1) is 0 Å². The zero-order valence-corrected chi connectivity index (χ0v) is 17.8. The average Bonchev–Trinajstić information content (AvgIpc) is 3.17. The zero-order chi connectivity index (χ0) is 20.7. The van der Waals surface area contributed by atoms with E-state index in [-0.39, 0.29) is 29.2 Å². The van der Waals surface area contributed by atoms with Crippen molar-refractivity contribution in [2.24, 2.45) is 22.5 Å². The van der Waals surface area contributed by atoms with Gasteiger partial charge in [0.25, 0.3) is 5.91 Å². The van der Waals surface area contributed by atoms with E-state index in [4.69, 9.17) is 5.73 Å². The molecule has 28 heavy (non-hydrogen) atoms. The summed E-state index contributed by atoms with van der Waals surface area (Å²) >= 11 is 0. The van der Waals surface area contributed by atoms with Crippen LogP contribution in [0.2, 0.25) is 0 Å². The first-order valence-electron chi connectivity index (χ1n) is 10.7. The van der Waals surface area contributed by atoms with E-state index >= 15 is 0 Å². The molecule has 1 spiro atoms. The predicted octanol–water partition coefficient (Wildman–Crippen LogP) is 2.10. The maximum atomic E-state index is 13.1.